The molecule has 4 nitrogen and oxygen atoms in total. The molecule has 0 unspecified atom stereocenters. The largest absolute Gasteiger partial charge is 0.457 e. The molecule has 1 aliphatic rings. The van der Waals surface area contributed by atoms with Crippen molar-refractivity contribution >= 4 is 28.9 Å². The van der Waals surface area contributed by atoms with Gasteiger partial charge in [-0.2, -0.15) is 0 Å². The minimum absolute atomic E-state index is 0.168. The van der Waals surface area contributed by atoms with Crippen molar-refractivity contribution < 1.29 is 14.3 Å². The number of ether oxygens (including phenoxy) is 1. The molecule has 0 saturated carbocycles. The first kappa shape index (κ1) is 18.4. The lowest BCUT2D eigenvalue weighted by molar-refractivity contribution is 0.0478. The van der Waals surface area contributed by atoms with Crippen LogP contribution in [0, 0.1) is 0 Å². The van der Waals surface area contributed by atoms with Crippen LogP contribution in [0.2, 0.25) is 0 Å². The fourth-order valence-corrected chi connectivity index (χ4v) is 4.44. The summed E-state index contributed by atoms with van der Waals surface area (Å²) in [4.78, 5) is 26.6. The number of benzene rings is 2. The van der Waals surface area contributed by atoms with Gasteiger partial charge in [-0.3, -0.25) is 4.79 Å². The van der Waals surface area contributed by atoms with Crippen LogP contribution in [0.25, 0.3) is 0 Å². The van der Waals surface area contributed by atoms with Crippen LogP contribution in [0.3, 0.4) is 0 Å². The maximum absolute atomic E-state index is 12.3. The second-order valence-electron chi connectivity index (χ2n) is 6.86. The van der Waals surface area contributed by atoms with Crippen LogP contribution >= 0.6 is 11.3 Å². The number of aryl methyl sites for hydroxylation is 2. The first-order valence-corrected chi connectivity index (χ1v) is 10.2. The third-order valence-corrected chi connectivity index (χ3v) is 6.03. The molecule has 0 saturated heterocycles. The van der Waals surface area contributed by atoms with Gasteiger partial charge < -0.3 is 10.1 Å². The van der Waals surface area contributed by atoms with Crippen molar-refractivity contribution in [1.82, 2.24) is 0 Å². The van der Waals surface area contributed by atoms with E-state index in [4.69, 9.17) is 4.74 Å². The number of anilines is 1. The van der Waals surface area contributed by atoms with Gasteiger partial charge in [0.05, 0.1) is 0 Å². The topological polar surface area (TPSA) is 55.4 Å². The van der Waals surface area contributed by atoms with Gasteiger partial charge in [-0.15, -0.1) is 11.3 Å². The molecule has 142 valence electrons. The first-order chi connectivity index (χ1) is 13.7. The number of hydrogen-bond donors (Lipinski definition) is 1. The van der Waals surface area contributed by atoms with Gasteiger partial charge in [-0.1, -0.05) is 30.3 Å². The average Bonchev–Trinajstić information content (AvgIpc) is 3.17. The highest BCUT2D eigenvalue weighted by molar-refractivity contribution is 7.14. The molecule has 0 fully saturated rings. The molecule has 1 aromatic heterocycles. The summed E-state index contributed by atoms with van der Waals surface area (Å²) in [6.45, 7) is 0.196. The normalized spacial score (nSPS) is 12.9. The van der Waals surface area contributed by atoms with Gasteiger partial charge in [0, 0.05) is 16.1 Å². The van der Waals surface area contributed by atoms with E-state index in [9.17, 15) is 9.59 Å². The lowest BCUT2D eigenvalue weighted by Crippen LogP contribution is -2.11. The smallest absolute Gasteiger partial charge is 0.348 e. The lowest BCUT2D eigenvalue weighted by Gasteiger charge is -2.08. The van der Waals surface area contributed by atoms with E-state index in [1.54, 1.807) is 23.5 Å². The molecule has 0 aliphatic heterocycles. The van der Waals surface area contributed by atoms with Crippen molar-refractivity contribution in [2.45, 2.75) is 32.3 Å². The Kier molecular flexibility index (Phi) is 5.53. The van der Waals surface area contributed by atoms with Crippen molar-refractivity contribution in [2.24, 2.45) is 0 Å². The molecular formula is C23H21NO3S. The Morgan fingerprint density at radius 1 is 0.964 bits per heavy atom. The molecule has 0 atom stereocenters. The van der Waals surface area contributed by atoms with Crippen molar-refractivity contribution in [3.8, 4) is 0 Å². The first-order valence-electron chi connectivity index (χ1n) is 9.43. The minimum Gasteiger partial charge on any atom is -0.457 e. The molecule has 1 heterocycles. The Morgan fingerprint density at radius 2 is 1.71 bits per heavy atom. The van der Waals surface area contributed by atoms with E-state index in [0.717, 1.165) is 24.1 Å². The highest BCUT2D eigenvalue weighted by Gasteiger charge is 2.18. The zero-order chi connectivity index (χ0) is 19.3. The maximum Gasteiger partial charge on any atom is 0.348 e. The number of thiophene rings is 1. The van der Waals surface area contributed by atoms with E-state index in [2.05, 4.69) is 5.32 Å². The van der Waals surface area contributed by atoms with E-state index in [1.165, 1.54) is 23.3 Å². The molecule has 5 heteroatoms. The fraction of sp³-hybridized carbons (Fsp3) is 0.217. The van der Waals surface area contributed by atoms with Crippen molar-refractivity contribution in [2.75, 3.05) is 5.32 Å². The highest BCUT2D eigenvalue weighted by atomic mass is 32.1. The lowest BCUT2D eigenvalue weighted by atomic mass is 9.99. The number of rotatable bonds is 5. The van der Waals surface area contributed by atoms with Gasteiger partial charge in [0.15, 0.2) is 0 Å². The Morgan fingerprint density at radius 3 is 2.46 bits per heavy atom. The predicted molar refractivity (Wildman–Crippen MR) is 111 cm³/mol. The Labute approximate surface area is 168 Å². The van der Waals surface area contributed by atoms with Gasteiger partial charge >= 0.3 is 5.97 Å². The van der Waals surface area contributed by atoms with Crippen molar-refractivity contribution in [1.29, 1.82) is 0 Å². The van der Waals surface area contributed by atoms with E-state index < -0.39 is 0 Å². The number of fused-ring (bicyclic) bond motifs is 1. The van der Waals surface area contributed by atoms with Crippen LogP contribution < -0.4 is 5.32 Å². The Bertz CT molecular complexity index is 953. The summed E-state index contributed by atoms with van der Waals surface area (Å²) in [6, 6.07) is 18.4. The zero-order valence-electron chi connectivity index (χ0n) is 15.4. The number of carbonyl (C=O) groups excluding carboxylic acids is 2. The van der Waals surface area contributed by atoms with Gasteiger partial charge in [-0.25, -0.2) is 4.79 Å². The van der Waals surface area contributed by atoms with Crippen molar-refractivity contribution in [3.05, 3.63) is 87.1 Å². The molecule has 1 aliphatic carbocycles. The van der Waals surface area contributed by atoms with E-state index in [-0.39, 0.29) is 18.5 Å². The summed E-state index contributed by atoms with van der Waals surface area (Å²) < 4.78 is 5.46. The number of carbonyl (C=O) groups is 2. The third kappa shape index (κ3) is 4.31. The summed E-state index contributed by atoms with van der Waals surface area (Å²) in [6.07, 6.45) is 4.53. The van der Waals surface area contributed by atoms with Crippen LogP contribution in [0.5, 0.6) is 0 Å². The van der Waals surface area contributed by atoms with Crippen LogP contribution in [-0.2, 0) is 24.2 Å². The van der Waals surface area contributed by atoms with Crippen LogP contribution in [0.4, 0.5) is 5.69 Å². The number of para-hydroxylation sites is 1. The van der Waals surface area contributed by atoms with Gasteiger partial charge in [-0.05, 0) is 67.1 Å². The monoisotopic (exact) mass is 391 g/mol. The molecule has 0 radical (unpaired) electrons. The average molecular weight is 391 g/mol. The number of nitrogens with one attached hydrogen (secondary N) is 1. The van der Waals surface area contributed by atoms with Crippen LogP contribution in [0.15, 0.2) is 60.7 Å². The molecule has 4 rings (SSSR count). The van der Waals surface area contributed by atoms with E-state index in [0.29, 0.717) is 10.4 Å². The Balaban J connectivity index is 1.33. The fourth-order valence-electron chi connectivity index (χ4n) is 3.29. The molecular weight excluding hydrogens is 370 g/mol. The van der Waals surface area contributed by atoms with E-state index >= 15 is 0 Å². The maximum atomic E-state index is 12.3. The summed E-state index contributed by atoms with van der Waals surface area (Å²) >= 11 is 1.56. The number of amides is 1. The molecule has 1 amide bonds. The standard InChI is InChI=1S/C23H21NO3S/c25-22(24-19-7-2-1-3-8-19)17-12-10-16(11-13-17)15-27-23(26)21-14-18-6-4-5-9-20(18)28-21/h1-3,7-8,10-14H,4-6,9,15H2,(H,24,25). The number of hydrogen-bond acceptors (Lipinski definition) is 4. The van der Waals surface area contributed by atoms with E-state index in [1.807, 2.05) is 48.5 Å². The molecule has 1 N–H and O–H groups in total. The predicted octanol–water partition coefficient (Wildman–Crippen LogP) is 5.24. The van der Waals surface area contributed by atoms with Gasteiger partial charge in [0.1, 0.15) is 11.5 Å². The van der Waals surface area contributed by atoms with Gasteiger partial charge in [0.25, 0.3) is 5.91 Å². The highest BCUT2D eigenvalue weighted by Crippen LogP contribution is 2.30. The van der Waals surface area contributed by atoms with Crippen LogP contribution in [0.1, 0.15) is 48.9 Å². The molecule has 2 aromatic carbocycles. The summed E-state index contributed by atoms with van der Waals surface area (Å²) in [5.74, 6) is -0.441. The number of esters is 1. The molecule has 0 bridgehead atoms. The van der Waals surface area contributed by atoms with Gasteiger partial charge in [0.2, 0.25) is 0 Å². The summed E-state index contributed by atoms with van der Waals surface area (Å²) in [7, 11) is 0. The SMILES string of the molecule is O=C(Nc1ccccc1)c1ccc(COC(=O)c2cc3c(s2)CCCC3)cc1. The zero-order valence-corrected chi connectivity index (χ0v) is 16.3. The molecule has 28 heavy (non-hydrogen) atoms. The summed E-state index contributed by atoms with van der Waals surface area (Å²) in [5, 5.41) is 2.85. The molecule has 0 spiro atoms. The quantitative estimate of drug-likeness (QED) is 0.606. The van der Waals surface area contributed by atoms with Crippen molar-refractivity contribution in [3.63, 3.8) is 0 Å². The van der Waals surface area contributed by atoms with Crippen LogP contribution in [-0.4, -0.2) is 11.9 Å². The second kappa shape index (κ2) is 8.40. The molecule has 3 aromatic rings. The third-order valence-electron chi connectivity index (χ3n) is 4.82. The minimum atomic E-state index is -0.273. The Hall–Kier alpha value is -2.92. The summed E-state index contributed by atoms with van der Waals surface area (Å²) in [5.41, 5.74) is 3.47. The second-order valence-corrected chi connectivity index (χ2v) is 8.00.